The molecule has 2 aromatic heterocycles. The zero-order valence-corrected chi connectivity index (χ0v) is 14.5. The van der Waals surface area contributed by atoms with Crippen LogP contribution in [0.15, 0.2) is 0 Å². The Bertz CT molecular complexity index is 752. The van der Waals surface area contributed by atoms with Crippen LogP contribution in [0.1, 0.15) is 36.3 Å². The molecule has 0 fully saturated rings. The molecule has 0 aliphatic rings. The van der Waals surface area contributed by atoms with E-state index in [2.05, 4.69) is 20.5 Å². The van der Waals surface area contributed by atoms with E-state index >= 15 is 0 Å². The lowest BCUT2D eigenvalue weighted by molar-refractivity contribution is -0.120. The lowest BCUT2D eigenvalue weighted by Gasteiger charge is -2.10. The standard InChI is InChI=1S/C12H17N5OS3/c1-6(2)17-9(15-16-11(17)19)5-13-10(18)4-8-7(3)14-12(20)21-8/h6H,4-5H2,1-3H3,(H,13,18)(H,14,20)(H,16,19). The lowest BCUT2D eigenvalue weighted by atomic mass is 10.3. The third kappa shape index (κ3) is 3.86. The van der Waals surface area contributed by atoms with E-state index in [1.54, 1.807) is 0 Å². The van der Waals surface area contributed by atoms with Crippen LogP contribution in [0, 0.1) is 15.6 Å². The Balaban J connectivity index is 2.00. The molecule has 1 amide bonds. The van der Waals surface area contributed by atoms with Crippen molar-refractivity contribution in [3.05, 3.63) is 25.1 Å². The zero-order chi connectivity index (χ0) is 15.6. The van der Waals surface area contributed by atoms with Gasteiger partial charge in [0.2, 0.25) is 5.91 Å². The van der Waals surface area contributed by atoms with Crippen molar-refractivity contribution in [3.8, 4) is 0 Å². The predicted molar refractivity (Wildman–Crippen MR) is 87.6 cm³/mol. The number of H-pyrrole nitrogens is 2. The summed E-state index contributed by atoms with van der Waals surface area (Å²) in [6.07, 6.45) is 0.316. The molecule has 0 aromatic carbocycles. The monoisotopic (exact) mass is 343 g/mol. The molecule has 2 rings (SSSR count). The van der Waals surface area contributed by atoms with Gasteiger partial charge in [-0.2, -0.15) is 5.10 Å². The molecule has 0 aliphatic carbocycles. The molecule has 6 nitrogen and oxygen atoms in total. The van der Waals surface area contributed by atoms with Gasteiger partial charge in [-0.1, -0.05) is 0 Å². The number of carbonyl (C=O) groups excluding carboxylic acids is 1. The van der Waals surface area contributed by atoms with Crippen molar-refractivity contribution in [2.24, 2.45) is 0 Å². The Morgan fingerprint density at radius 1 is 1.48 bits per heavy atom. The number of aromatic nitrogens is 4. The Kier molecular flexibility index (Phi) is 5.07. The van der Waals surface area contributed by atoms with Gasteiger partial charge < -0.3 is 14.9 Å². The molecule has 0 saturated carbocycles. The highest BCUT2D eigenvalue weighted by atomic mass is 32.1. The van der Waals surface area contributed by atoms with Crippen LogP contribution in [0.5, 0.6) is 0 Å². The van der Waals surface area contributed by atoms with Crippen LogP contribution in [0.25, 0.3) is 0 Å². The van der Waals surface area contributed by atoms with Gasteiger partial charge in [0.05, 0.1) is 13.0 Å². The quantitative estimate of drug-likeness (QED) is 0.730. The molecule has 0 saturated heterocycles. The summed E-state index contributed by atoms with van der Waals surface area (Å²) in [5, 5.41) is 9.76. The van der Waals surface area contributed by atoms with Gasteiger partial charge in [-0.05, 0) is 45.2 Å². The Hall–Kier alpha value is -1.32. The fourth-order valence-electron chi connectivity index (χ4n) is 1.99. The molecule has 2 aromatic rings. The average molecular weight is 344 g/mol. The van der Waals surface area contributed by atoms with Crippen molar-refractivity contribution < 1.29 is 4.79 Å². The molecule has 0 radical (unpaired) electrons. The number of hydrogen-bond acceptors (Lipinski definition) is 5. The van der Waals surface area contributed by atoms with E-state index in [0.29, 0.717) is 21.7 Å². The Morgan fingerprint density at radius 3 is 2.76 bits per heavy atom. The van der Waals surface area contributed by atoms with E-state index in [4.69, 9.17) is 24.4 Å². The van der Waals surface area contributed by atoms with Gasteiger partial charge in [-0.3, -0.25) is 9.89 Å². The third-order valence-electron chi connectivity index (χ3n) is 2.98. The highest BCUT2D eigenvalue weighted by molar-refractivity contribution is 7.73. The van der Waals surface area contributed by atoms with E-state index in [1.807, 2.05) is 25.3 Å². The summed E-state index contributed by atoms with van der Waals surface area (Å²) in [4.78, 5) is 16.0. The Morgan fingerprint density at radius 2 is 2.19 bits per heavy atom. The fraction of sp³-hybridized carbons (Fsp3) is 0.500. The van der Waals surface area contributed by atoms with Crippen LogP contribution in [0.3, 0.4) is 0 Å². The van der Waals surface area contributed by atoms with Gasteiger partial charge in [-0.15, -0.1) is 11.3 Å². The van der Waals surface area contributed by atoms with Gasteiger partial charge >= 0.3 is 0 Å². The number of thiazole rings is 1. The minimum Gasteiger partial charge on any atom is -0.348 e. The number of carbonyl (C=O) groups is 1. The number of hydrogen-bond donors (Lipinski definition) is 3. The van der Waals surface area contributed by atoms with Crippen LogP contribution < -0.4 is 5.32 Å². The summed E-state index contributed by atoms with van der Waals surface area (Å²) in [6.45, 7) is 6.30. The second-order valence-corrected chi connectivity index (χ2v) is 7.08. The maximum absolute atomic E-state index is 12.0. The average Bonchev–Trinajstić information content (AvgIpc) is 2.90. The zero-order valence-electron chi connectivity index (χ0n) is 12.0. The highest BCUT2D eigenvalue weighted by Crippen LogP contribution is 2.15. The molecular weight excluding hydrogens is 326 g/mol. The number of amides is 1. The van der Waals surface area contributed by atoms with E-state index in [0.717, 1.165) is 16.4 Å². The van der Waals surface area contributed by atoms with Crippen molar-refractivity contribution >= 4 is 41.7 Å². The second-order valence-electron chi connectivity index (χ2n) is 4.92. The number of aryl methyl sites for hydroxylation is 1. The first kappa shape index (κ1) is 16.1. The third-order valence-corrected chi connectivity index (χ3v) is 4.61. The Labute approximate surface area is 136 Å². The van der Waals surface area contributed by atoms with E-state index < -0.39 is 0 Å². The molecule has 3 N–H and O–H groups in total. The van der Waals surface area contributed by atoms with Crippen molar-refractivity contribution in [3.63, 3.8) is 0 Å². The van der Waals surface area contributed by atoms with Crippen LogP contribution in [0.2, 0.25) is 0 Å². The maximum Gasteiger partial charge on any atom is 0.225 e. The minimum atomic E-state index is -0.0624. The van der Waals surface area contributed by atoms with E-state index in [1.165, 1.54) is 11.3 Å². The molecule has 21 heavy (non-hydrogen) atoms. The van der Waals surface area contributed by atoms with E-state index in [-0.39, 0.29) is 11.9 Å². The molecule has 9 heteroatoms. The predicted octanol–water partition coefficient (Wildman–Crippen LogP) is 2.81. The molecule has 0 bridgehead atoms. The summed E-state index contributed by atoms with van der Waals surface area (Å²) in [7, 11) is 0. The van der Waals surface area contributed by atoms with E-state index in [9.17, 15) is 4.79 Å². The molecular formula is C12H17N5OS3. The van der Waals surface area contributed by atoms with Crippen LogP contribution in [-0.4, -0.2) is 25.7 Å². The molecule has 0 spiro atoms. The smallest absolute Gasteiger partial charge is 0.225 e. The first-order valence-corrected chi connectivity index (χ1v) is 8.13. The van der Waals surface area contributed by atoms with Crippen molar-refractivity contribution in [1.29, 1.82) is 0 Å². The SMILES string of the molecule is Cc1[nH]c(=S)sc1CC(=O)NCc1n[nH]c(=S)n1C(C)C. The summed E-state index contributed by atoms with van der Waals surface area (Å²) >= 11 is 11.7. The molecule has 114 valence electrons. The fourth-order valence-corrected chi connectivity index (χ4v) is 3.64. The lowest BCUT2D eigenvalue weighted by Crippen LogP contribution is -2.26. The van der Waals surface area contributed by atoms with Gasteiger partial charge in [-0.25, -0.2) is 0 Å². The maximum atomic E-state index is 12.0. The second kappa shape index (κ2) is 6.63. The molecule has 0 unspecified atom stereocenters. The van der Waals surface area contributed by atoms with Crippen molar-refractivity contribution in [2.75, 3.05) is 0 Å². The number of aromatic amines is 2. The highest BCUT2D eigenvalue weighted by Gasteiger charge is 2.12. The van der Waals surface area contributed by atoms with Crippen LogP contribution in [0.4, 0.5) is 0 Å². The topological polar surface area (TPSA) is 78.5 Å². The summed E-state index contributed by atoms with van der Waals surface area (Å²) in [5.74, 6) is 0.661. The van der Waals surface area contributed by atoms with Crippen LogP contribution >= 0.6 is 35.8 Å². The van der Waals surface area contributed by atoms with Gasteiger partial charge in [0.25, 0.3) is 0 Å². The first-order chi connectivity index (χ1) is 9.88. The summed E-state index contributed by atoms with van der Waals surface area (Å²) in [6, 6.07) is 0.195. The molecule has 0 atom stereocenters. The largest absolute Gasteiger partial charge is 0.348 e. The molecule has 0 aliphatic heterocycles. The number of rotatable bonds is 5. The van der Waals surface area contributed by atoms with Gasteiger partial charge in [0, 0.05) is 16.6 Å². The number of nitrogens with zero attached hydrogens (tertiary/aromatic N) is 2. The summed E-state index contributed by atoms with van der Waals surface area (Å²) in [5.41, 5.74) is 0.949. The first-order valence-electron chi connectivity index (χ1n) is 6.49. The summed E-state index contributed by atoms with van der Waals surface area (Å²) < 4.78 is 3.14. The minimum absolute atomic E-state index is 0.0624. The molecule has 2 heterocycles. The van der Waals surface area contributed by atoms with Crippen molar-refractivity contribution in [2.45, 2.75) is 39.8 Å². The normalized spacial score (nSPS) is 11.0. The van der Waals surface area contributed by atoms with Gasteiger partial charge in [0.1, 0.15) is 0 Å². The number of nitrogens with one attached hydrogen (secondary N) is 3. The van der Waals surface area contributed by atoms with Gasteiger partial charge in [0.15, 0.2) is 14.5 Å². The van der Waals surface area contributed by atoms with Crippen molar-refractivity contribution in [1.82, 2.24) is 25.1 Å². The van der Waals surface area contributed by atoms with Crippen LogP contribution in [-0.2, 0) is 17.8 Å².